The summed E-state index contributed by atoms with van der Waals surface area (Å²) in [5, 5.41) is 25.1. The van der Waals surface area contributed by atoms with Crippen molar-refractivity contribution in [2.45, 2.75) is 122 Å². The molecule has 4 fully saturated rings. The summed E-state index contributed by atoms with van der Waals surface area (Å²) < 4.78 is 59.8. The molecule has 1 aliphatic heterocycles. The third kappa shape index (κ3) is 9.94. The van der Waals surface area contributed by atoms with E-state index in [1.807, 2.05) is 19.1 Å². The van der Waals surface area contributed by atoms with Gasteiger partial charge in [0.1, 0.15) is 5.56 Å². The summed E-state index contributed by atoms with van der Waals surface area (Å²) in [7, 11) is -8.57. The van der Waals surface area contributed by atoms with Crippen molar-refractivity contribution in [1.82, 2.24) is 5.32 Å². The number of sulfonamides is 1. The number of nitrogens with one attached hydrogen (secondary N) is 3. The molecule has 0 radical (unpaired) electrons. The molecule has 0 amide bonds. The maximum Gasteiger partial charge on any atom is 0.335 e. The van der Waals surface area contributed by atoms with Crippen molar-refractivity contribution in [3.05, 3.63) is 117 Å². The minimum Gasteiger partial charge on any atom is -0.478 e. The van der Waals surface area contributed by atoms with E-state index >= 15 is 0 Å². The van der Waals surface area contributed by atoms with Crippen LogP contribution in [0.4, 0.5) is 11.4 Å². The summed E-state index contributed by atoms with van der Waals surface area (Å²) in [4.78, 5) is 29.6. The minimum atomic E-state index is -4.32. The van der Waals surface area contributed by atoms with Crippen molar-refractivity contribution in [1.29, 1.82) is 0 Å². The van der Waals surface area contributed by atoms with E-state index in [2.05, 4.69) is 44.4 Å². The molecule has 1 heterocycles. The lowest BCUT2D eigenvalue weighted by Gasteiger charge is -2.26. The van der Waals surface area contributed by atoms with Crippen molar-refractivity contribution >= 4 is 59.2 Å². The van der Waals surface area contributed by atoms with Gasteiger partial charge in [-0.1, -0.05) is 59.0 Å². The zero-order valence-corrected chi connectivity index (χ0v) is 37.3. The molecule has 0 aromatic heterocycles. The van der Waals surface area contributed by atoms with Gasteiger partial charge in [0.2, 0.25) is 0 Å². The fourth-order valence-electron chi connectivity index (χ4n) is 8.81. The minimum absolute atomic E-state index is 0.00813. The van der Waals surface area contributed by atoms with Crippen LogP contribution in [0.1, 0.15) is 150 Å². The highest BCUT2D eigenvalue weighted by Crippen LogP contribution is 2.48. The van der Waals surface area contributed by atoms with Gasteiger partial charge in [-0.05, 0) is 146 Å². The van der Waals surface area contributed by atoms with Gasteiger partial charge in [0.25, 0.3) is 16.1 Å². The van der Waals surface area contributed by atoms with E-state index in [0.717, 1.165) is 60.9 Å². The number of nitrogens with zero attached hydrogens (tertiary/aromatic N) is 1. The monoisotopic (exact) mass is 897 g/mol. The van der Waals surface area contributed by atoms with Gasteiger partial charge in [0.15, 0.2) is 9.84 Å². The number of hydrogen-bond acceptors (Lipinski definition) is 8. The van der Waals surface area contributed by atoms with Crippen LogP contribution < -0.4 is 14.8 Å². The van der Waals surface area contributed by atoms with Gasteiger partial charge in [-0.25, -0.2) is 26.4 Å². The van der Waals surface area contributed by atoms with Gasteiger partial charge >= 0.3 is 18.0 Å². The molecule has 15 heteroatoms. The molecule has 3 atom stereocenters. The van der Waals surface area contributed by atoms with Gasteiger partial charge in [0.05, 0.1) is 33.2 Å². The molecule has 3 saturated carbocycles. The van der Waals surface area contributed by atoms with Crippen molar-refractivity contribution < 1.29 is 36.6 Å². The molecule has 8 rings (SSSR count). The number of carboxylic acids is 2. The highest BCUT2D eigenvalue weighted by atomic mass is 32.2. The fraction of sp³-hybridized carbons (Fsp3) is 0.404. The van der Waals surface area contributed by atoms with Crippen LogP contribution in [0.15, 0.2) is 87.5 Å². The number of piperidine rings is 1. The van der Waals surface area contributed by atoms with Gasteiger partial charge < -0.3 is 20.3 Å². The first-order valence-corrected chi connectivity index (χ1v) is 26.1. The van der Waals surface area contributed by atoms with Crippen molar-refractivity contribution in [3.63, 3.8) is 0 Å². The smallest absolute Gasteiger partial charge is 0.335 e. The maximum atomic E-state index is 14.0. The van der Waals surface area contributed by atoms with Crippen LogP contribution in [-0.4, -0.2) is 63.2 Å². The average Bonchev–Trinajstić information content (AvgIpc) is 4.20. The van der Waals surface area contributed by atoms with Gasteiger partial charge in [-0.15, -0.1) is 0 Å². The number of rotatable bonds is 13. The lowest BCUT2D eigenvalue weighted by Crippen LogP contribution is -2.35. The van der Waals surface area contributed by atoms with Gasteiger partial charge in [-0.2, -0.15) is 0 Å². The molecule has 1 saturated heterocycles. The quantitative estimate of drug-likeness (QED) is 0.0810. The Kier molecular flexibility index (Phi) is 12.7. The van der Waals surface area contributed by atoms with Crippen LogP contribution in [0.3, 0.4) is 0 Å². The number of anilines is 2. The standard InChI is InChI=1S/C47H52N4O8S3/c1-3-60(44-24-33(46(52)53)14-19-38(44)31-10-11-31)50-42-23-29(9-18-37(42)30-7-5-4-6-8-30)27-48-35-16-22-41(49-28-35)40-21-17-36(61(2,56)57)26-43(40)51-62(58,59)45-25-34(47(54)55)15-20-39(45)32-12-13-32/h3,9,14-15,17-21,23-26,30-32,35,41,49-51H,4-8,10-13,16,22,28H2,1-2H3,(H-,52,53,54,55)/p+1. The highest BCUT2D eigenvalue weighted by molar-refractivity contribution is 8.16. The average molecular weight is 898 g/mol. The third-order valence-corrected chi connectivity index (χ3v) is 16.7. The predicted octanol–water partition coefficient (Wildman–Crippen LogP) is 9.74. The molecular formula is C47H53N4O8S3+. The van der Waals surface area contributed by atoms with Crippen molar-refractivity contribution in [2.24, 2.45) is 0 Å². The van der Waals surface area contributed by atoms with E-state index in [1.54, 1.807) is 18.2 Å². The van der Waals surface area contributed by atoms with Crippen LogP contribution >= 0.6 is 10.7 Å². The first kappa shape index (κ1) is 43.6. The highest BCUT2D eigenvalue weighted by Gasteiger charge is 2.34. The Bertz CT molecular complexity index is 2740. The molecule has 326 valence electrons. The Balaban J connectivity index is 1.03. The second-order valence-electron chi connectivity index (χ2n) is 17.0. The molecule has 4 aliphatic rings. The third-order valence-electron chi connectivity index (χ3n) is 12.5. The molecule has 0 spiro atoms. The van der Waals surface area contributed by atoms with E-state index < -0.39 is 42.5 Å². The second-order valence-corrected chi connectivity index (χ2v) is 22.5. The zero-order chi connectivity index (χ0) is 43.8. The summed E-state index contributed by atoms with van der Waals surface area (Å²) >= 11 is 0. The first-order valence-electron chi connectivity index (χ1n) is 21.4. The molecule has 4 aromatic rings. The van der Waals surface area contributed by atoms with E-state index in [1.165, 1.54) is 54.7 Å². The van der Waals surface area contributed by atoms with Crippen LogP contribution in [0.25, 0.3) is 4.85 Å². The van der Waals surface area contributed by atoms with Gasteiger partial charge in [0, 0.05) is 29.3 Å². The molecule has 0 bridgehead atoms. The Labute approximate surface area is 366 Å². The molecule has 3 unspecified atom stereocenters. The number of sulfone groups is 1. The van der Waals surface area contributed by atoms with Crippen molar-refractivity contribution in [3.8, 4) is 6.07 Å². The summed E-state index contributed by atoms with van der Waals surface area (Å²) in [6.45, 7) is 2.48. The van der Waals surface area contributed by atoms with Gasteiger partial charge in [-0.3, -0.25) is 4.72 Å². The molecule has 4 aromatic carbocycles. The maximum absolute atomic E-state index is 14.0. The summed E-state index contributed by atoms with van der Waals surface area (Å²) in [6, 6.07) is 23.3. The van der Waals surface area contributed by atoms with E-state index in [4.69, 9.17) is 4.85 Å². The van der Waals surface area contributed by atoms with E-state index in [-0.39, 0.29) is 44.6 Å². The predicted molar refractivity (Wildman–Crippen MR) is 245 cm³/mol. The molecule has 3 aliphatic carbocycles. The normalized spacial score (nSPS) is 20.2. The second kappa shape index (κ2) is 18.0. The largest absolute Gasteiger partial charge is 0.478 e. The lowest BCUT2D eigenvalue weighted by molar-refractivity contribution is 0.0685. The van der Waals surface area contributed by atoms with E-state index in [9.17, 15) is 36.6 Å². The Morgan fingerprint density at radius 2 is 1.35 bits per heavy atom. The molecular weight excluding hydrogens is 845 g/mol. The fourth-order valence-corrected chi connectivity index (χ4v) is 12.5. The Morgan fingerprint density at radius 3 is 1.98 bits per heavy atom. The van der Waals surface area contributed by atoms with Crippen LogP contribution in [0, 0.1) is 6.07 Å². The summed E-state index contributed by atoms with van der Waals surface area (Å²) in [5.74, 6) is -1.31. The Hall–Kier alpha value is -5.01. The number of carboxylic acid groups (broad SMARTS) is 2. The van der Waals surface area contributed by atoms with Crippen molar-refractivity contribution in [2.75, 3.05) is 22.2 Å². The van der Waals surface area contributed by atoms with Crippen LogP contribution in [0.5, 0.6) is 0 Å². The number of hydrogen-bond donors (Lipinski definition) is 5. The first-order chi connectivity index (χ1) is 29.7. The van der Waals surface area contributed by atoms with E-state index in [0.29, 0.717) is 42.3 Å². The topological polar surface area (TPSA) is 183 Å². The lowest BCUT2D eigenvalue weighted by atomic mass is 9.83. The number of aromatic carboxylic acids is 2. The molecule has 62 heavy (non-hydrogen) atoms. The SMILES string of the molecule is CC=S(Nc1cc(C#[N+]C2CCC(c3ccc(S(C)(=O)=O)cc3NS(=O)(=O)c3cc(C(=O)O)ccc3C3CC3)NC2)ccc1C1CCCCC1)c1cc(C(=O)O)ccc1C1CC1. The van der Waals surface area contributed by atoms with Crippen LogP contribution in [-0.2, 0) is 19.9 Å². The molecule has 12 nitrogen and oxygen atoms in total. The summed E-state index contributed by atoms with van der Waals surface area (Å²) in [5.41, 5.74) is 5.65. The van der Waals surface area contributed by atoms with Crippen LogP contribution in [0.2, 0.25) is 0 Å². The number of carbonyl (C=O) groups is 2. The molecule has 5 N–H and O–H groups in total. The summed E-state index contributed by atoms with van der Waals surface area (Å²) in [6.07, 6.45) is 11.9. The zero-order valence-electron chi connectivity index (χ0n) is 34.9. The Morgan fingerprint density at radius 1 is 0.726 bits per heavy atom. The number of benzene rings is 4.